The molecule has 0 aliphatic heterocycles. The number of aryl methyl sites for hydroxylation is 4. The van der Waals surface area contributed by atoms with Crippen molar-refractivity contribution in [1.29, 1.82) is 0 Å². The number of nitrogen functional groups attached to an aromatic ring is 1. The number of pyridine rings is 1. The number of anilines is 1. The molecular weight excluding hydrogens is 631 g/mol. The van der Waals surface area contributed by atoms with Crippen LogP contribution in [0.25, 0.3) is 32.6 Å². The van der Waals surface area contributed by atoms with Crippen molar-refractivity contribution in [2.75, 3.05) is 12.3 Å². The number of fused-ring (bicyclic) bond motifs is 1. The average Bonchev–Trinajstić information content (AvgIpc) is 3.78. The van der Waals surface area contributed by atoms with Gasteiger partial charge < -0.3 is 15.0 Å². The Morgan fingerprint density at radius 3 is 2.44 bits per heavy atom. The Morgan fingerprint density at radius 2 is 1.84 bits per heavy atom. The van der Waals surface area contributed by atoms with Gasteiger partial charge in [-0.05, 0) is 81.8 Å². The fraction of sp³-hybridized carbons (Fsp3) is 0.281. The molecule has 6 rings (SSSR count). The summed E-state index contributed by atoms with van der Waals surface area (Å²) in [6.07, 6.45) is 0. The van der Waals surface area contributed by atoms with Gasteiger partial charge in [-0.25, -0.2) is 0 Å². The van der Waals surface area contributed by atoms with Gasteiger partial charge in [0.2, 0.25) is 0 Å². The molecule has 10 nitrogen and oxygen atoms in total. The average molecular weight is 666 g/mol. The van der Waals surface area contributed by atoms with Crippen molar-refractivity contribution in [3.63, 3.8) is 0 Å². The number of thiophene rings is 2. The zero-order chi connectivity index (χ0) is 32.5. The summed E-state index contributed by atoms with van der Waals surface area (Å²) in [5.41, 5.74) is 13.2. The van der Waals surface area contributed by atoms with Crippen molar-refractivity contribution < 1.29 is 22.2 Å². The highest BCUT2D eigenvalue weighted by Crippen LogP contribution is 2.38. The van der Waals surface area contributed by atoms with Gasteiger partial charge in [-0.1, -0.05) is 29.4 Å². The van der Waals surface area contributed by atoms with Crippen molar-refractivity contribution in [3.05, 3.63) is 86.6 Å². The summed E-state index contributed by atoms with van der Waals surface area (Å²) in [7, 11) is -4.35. The van der Waals surface area contributed by atoms with Crippen LogP contribution in [0.1, 0.15) is 45.6 Å². The molecule has 0 saturated heterocycles. The number of nitrogens with zero attached hydrogens (tertiary/aromatic N) is 4. The molecule has 13 heteroatoms. The Balaban J connectivity index is 0.000000436. The molecule has 0 aliphatic rings. The van der Waals surface area contributed by atoms with E-state index >= 15 is 0 Å². The lowest BCUT2D eigenvalue weighted by atomic mass is 9.99. The predicted molar refractivity (Wildman–Crippen MR) is 179 cm³/mol. The Labute approximate surface area is 270 Å². The van der Waals surface area contributed by atoms with Crippen molar-refractivity contribution in [2.45, 2.75) is 58.9 Å². The number of aromatic nitrogens is 4. The second-order valence-electron chi connectivity index (χ2n) is 10.6. The lowest BCUT2D eigenvalue weighted by Crippen LogP contribution is -2.05. The lowest BCUT2D eigenvalue weighted by molar-refractivity contribution is 0.134. The molecule has 0 atom stereocenters. The van der Waals surface area contributed by atoms with Crippen LogP contribution in [0, 0.1) is 34.6 Å². The summed E-state index contributed by atoms with van der Waals surface area (Å²) >= 11 is 2.71. The second-order valence-corrected chi connectivity index (χ2v) is 14.5. The van der Waals surface area contributed by atoms with Gasteiger partial charge in [-0.3, -0.25) is 14.2 Å². The number of rotatable bonds is 8. The molecule has 5 heterocycles. The van der Waals surface area contributed by atoms with Crippen LogP contribution in [-0.2, 0) is 28.0 Å². The van der Waals surface area contributed by atoms with Gasteiger partial charge in [0, 0.05) is 34.0 Å². The maximum Gasteiger partial charge on any atom is 0.304 e. The summed E-state index contributed by atoms with van der Waals surface area (Å²) in [6, 6.07) is 13.9. The number of nitrogens with two attached hydrogens (primary N) is 1. The first-order valence-corrected chi connectivity index (χ1v) is 17.4. The Morgan fingerprint density at radius 1 is 1.07 bits per heavy atom. The van der Waals surface area contributed by atoms with E-state index in [1.54, 1.807) is 17.4 Å². The first kappa shape index (κ1) is 32.5. The Bertz CT molecular complexity index is 2060. The summed E-state index contributed by atoms with van der Waals surface area (Å²) < 4.78 is 46.4. The largest absolute Gasteiger partial charge is 0.381 e. The highest BCUT2D eigenvalue weighted by molar-refractivity contribution is 7.88. The van der Waals surface area contributed by atoms with Gasteiger partial charge in [0.15, 0.2) is 10.0 Å². The van der Waals surface area contributed by atoms with Gasteiger partial charge in [0.25, 0.3) is 0 Å². The molecule has 45 heavy (non-hydrogen) atoms. The van der Waals surface area contributed by atoms with Crippen LogP contribution in [0.5, 0.6) is 0 Å². The highest BCUT2D eigenvalue weighted by Gasteiger charge is 2.23. The van der Waals surface area contributed by atoms with Gasteiger partial charge in [0.1, 0.15) is 11.5 Å². The van der Waals surface area contributed by atoms with Gasteiger partial charge >= 0.3 is 10.1 Å². The third kappa shape index (κ3) is 7.02. The van der Waals surface area contributed by atoms with Crippen molar-refractivity contribution in [1.82, 2.24) is 19.9 Å². The Kier molecular flexibility index (Phi) is 9.56. The van der Waals surface area contributed by atoms with E-state index in [1.165, 1.54) is 0 Å². The molecule has 0 unspecified atom stereocenters. The van der Waals surface area contributed by atoms with Crippen LogP contribution in [0.2, 0.25) is 0 Å². The fourth-order valence-electron chi connectivity index (χ4n) is 5.05. The van der Waals surface area contributed by atoms with E-state index in [1.807, 2.05) is 75.9 Å². The molecule has 0 bridgehead atoms. The minimum atomic E-state index is -4.35. The molecule has 0 spiro atoms. The number of hydrogen-bond acceptors (Lipinski definition) is 10. The molecule has 0 saturated carbocycles. The zero-order valence-corrected chi connectivity index (χ0v) is 28.4. The monoisotopic (exact) mass is 665 g/mol. The highest BCUT2D eigenvalue weighted by atomic mass is 32.3. The molecule has 0 fully saturated rings. The smallest absolute Gasteiger partial charge is 0.304 e. The van der Waals surface area contributed by atoms with Crippen LogP contribution in [0.15, 0.2) is 56.6 Å². The van der Waals surface area contributed by atoms with Gasteiger partial charge in [-0.15, -0.1) is 22.7 Å². The Hall–Kier alpha value is -3.88. The maximum atomic E-state index is 12.1. The molecule has 0 radical (unpaired) electrons. The van der Waals surface area contributed by atoms with Gasteiger partial charge in [-0.2, -0.15) is 13.5 Å². The van der Waals surface area contributed by atoms with E-state index in [-0.39, 0.29) is 4.21 Å². The minimum absolute atomic E-state index is 0.0485. The first-order chi connectivity index (χ1) is 21.4. The van der Waals surface area contributed by atoms with E-state index in [4.69, 9.17) is 20.1 Å². The molecule has 0 aliphatic carbocycles. The molecule has 3 N–H and O–H groups in total. The van der Waals surface area contributed by atoms with Crippen molar-refractivity contribution >= 4 is 49.5 Å². The van der Waals surface area contributed by atoms with Crippen molar-refractivity contribution in [3.8, 4) is 21.7 Å². The third-order valence-electron chi connectivity index (χ3n) is 7.30. The standard InChI is InChI=1S/C27H27N3O4S3.C5H8N2O/c1-5-34-15-20-13-19(8-9-21(20)22-12-17(3)36-27(22)37(31,32)33)14-30-23-11-16(2)28-18(4)25(23)26(29-30)24-7-6-10-35-24;1-3-4(2)8-7-5(3)6/h6-13H,5,14-15H2,1-4H3,(H,31,32,33);1-2H3,(H2,6,7). The third-order valence-corrected chi connectivity index (χ3v) is 10.6. The fourth-order valence-corrected chi connectivity index (χ4v) is 7.78. The number of ether oxygens (including phenoxy) is 1. The summed E-state index contributed by atoms with van der Waals surface area (Å²) in [6.45, 7) is 12.8. The lowest BCUT2D eigenvalue weighted by Gasteiger charge is -2.13. The molecule has 6 aromatic rings. The molecule has 1 aromatic carbocycles. The van der Waals surface area contributed by atoms with Crippen LogP contribution < -0.4 is 5.73 Å². The predicted octanol–water partition coefficient (Wildman–Crippen LogP) is 7.52. The first-order valence-electron chi connectivity index (χ1n) is 14.2. The number of hydrogen-bond donors (Lipinski definition) is 2. The molecule has 0 amide bonds. The van der Waals surface area contributed by atoms with E-state index in [0.717, 1.165) is 77.1 Å². The maximum absolute atomic E-state index is 12.1. The molecule has 5 aromatic heterocycles. The van der Waals surface area contributed by atoms with Crippen LogP contribution in [0.4, 0.5) is 5.82 Å². The second kappa shape index (κ2) is 13.2. The van der Waals surface area contributed by atoms with Crippen LogP contribution in [-0.4, -0.2) is 39.5 Å². The topological polar surface area (TPSA) is 146 Å². The zero-order valence-electron chi connectivity index (χ0n) is 25.9. The van der Waals surface area contributed by atoms with E-state index < -0.39 is 10.1 Å². The van der Waals surface area contributed by atoms with E-state index in [0.29, 0.717) is 31.1 Å². The van der Waals surface area contributed by atoms with Crippen LogP contribution >= 0.6 is 22.7 Å². The number of benzene rings is 1. The summed E-state index contributed by atoms with van der Waals surface area (Å²) in [5.74, 6) is 1.28. The van der Waals surface area contributed by atoms with E-state index in [9.17, 15) is 13.0 Å². The van der Waals surface area contributed by atoms with Gasteiger partial charge in [0.05, 0.1) is 28.9 Å². The van der Waals surface area contributed by atoms with E-state index in [2.05, 4.69) is 22.3 Å². The minimum Gasteiger partial charge on any atom is -0.381 e. The van der Waals surface area contributed by atoms with Crippen LogP contribution in [0.3, 0.4) is 0 Å². The van der Waals surface area contributed by atoms with Crippen molar-refractivity contribution in [2.24, 2.45) is 0 Å². The molecule has 236 valence electrons. The quantitative estimate of drug-likeness (QED) is 0.158. The normalized spacial score (nSPS) is 11.6. The summed E-state index contributed by atoms with van der Waals surface area (Å²) in [5, 5.41) is 11.6. The molecular formula is C32H35N5O5S3. The SMILES string of the molecule is CCOCc1cc(Cn2nc(-c3cccs3)c3c(C)nc(C)cc32)ccc1-c1cc(C)sc1S(=O)(=O)O.Cc1onc(N)c1C. The summed E-state index contributed by atoms with van der Waals surface area (Å²) in [4.78, 5) is 6.58.